The number of methoxy groups -OCH3 is 1. The van der Waals surface area contributed by atoms with Crippen molar-refractivity contribution in [2.24, 2.45) is 5.73 Å². The Morgan fingerprint density at radius 1 is 1.40 bits per heavy atom. The van der Waals surface area contributed by atoms with Crippen LogP contribution in [-0.2, 0) is 6.42 Å². The summed E-state index contributed by atoms with van der Waals surface area (Å²) in [6, 6.07) is 6.39. The maximum absolute atomic E-state index is 5.59. The molecule has 1 aromatic carbocycles. The number of aromatic nitrogens is 1. The molecule has 0 bridgehead atoms. The molecule has 2 N–H and O–H groups in total. The number of rotatable bonds is 6. The van der Waals surface area contributed by atoms with Gasteiger partial charge in [-0.15, -0.1) is 11.3 Å². The molecule has 0 spiro atoms. The van der Waals surface area contributed by atoms with E-state index in [2.05, 4.69) is 36.3 Å². The molecule has 3 nitrogen and oxygen atoms in total. The summed E-state index contributed by atoms with van der Waals surface area (Å²) in [6.45, 7) is 5.08. The molecule has 0 aliphatic rings. The van der Waals surface area contributed by atoms with Crippen LogP contribution in [0.25, 0.3) is 11.3 Å². The lowest BCUT2D eigenvalue weighted by Crippen LogP contribution is -2.02. The summed E-state index contributed by atoms with van der Waals surface area (Å²) in [5.74, 6) is 1.42. The summed E-state index contributed by atoms with van der Waals surface area (Å²) < 4.78 is 5.48. The van der Waals surface area contributed by atoms with Crippen LogP contribution in [0.5, 0.6) is 5.75 Å². The van der Waals surface area contributed by atoms with Crippen molar-refractivity contribution in [1.29, 1.82) is 0 Å². The number of thiazole rings is 1. The van der Waals surface area contributed by atoms with Crippen LogP contribution in [0.2, 0.25) is 0 Å². The van der Waals surface area contributed by atoms with Crippen LogP contribution in [0.1, 0.15) is 36.8 Å². The van der Waals surface area contributed by atoms with Crippen LogP contribution >= 0.6 is 11.3 Å². The van der Waals surface area contributed by atoms with Gasteiger partial charge in [0.2, 0.25) is 0 Å². The molecule has 0 fully saturated rings. The Bertz CT molecular complexity index is 565. The fourth-order valence-corrected chi connectivity index (χ4v) is 2.95. The third-order valence-electron chi connectivity index (χ3n) is 3.59. The Balaban J connectivity index is 2.41. The summed E-state index contributed by atoms with van der Waals surface area (Å²) >= 11 is 1.66. The van der Waals surface area contributed by atoms with E-state index in [-0.39, 0.29) is 0 Å². The van der Waals surface area contributed by atoms with Gasteiger partial charge in [-0.25, -0.2) is 4.98 Å². The minimum absolute atomic E-state index is 0.543. The molecule has 1 heterocycles. The van der Waals surface area contributed by atoms with Crippen LogP contribution in [0.4, 0.5) is 0 Å². The van der Waals surface area contributed by atoms with Gasteiger partial charge in [-0.05, 0) is 36.6 Å². The molecule has 0 aliphatic heterocycles. The molecule has 4 heteroatoms. The topological polar surface area (TPSA) is 48.1 Å². The summed E-state index contributed by atoms with van der Waals surface area (Å²) in [5, 5.41) is 3.17. The summed E-state index contributed by atoms with van der Waals surface area (Å²) in [4.78, 5) is 4.66. The van der Waals surface area contributed by atoms with Crippen molar-refractivity contribution in [2.75, 3.05) is 13.7 Å². The van der Waals surface area contributed by atoms with Gasteiger partial charge in [-0.1, -0.05) is 19.9 Å². The fraction of sp³-hybridized carbons (Fsp3) is 0.438. The normalized spacial score (nSPS) is 12.4. The van der Waals surface area contributed by atoms with Gasteiger partial charge in [-0.3, -0.25) is 0 Å². The minimum Gasteiger partial charge on any atom is -0.496 e. The average Bonchev–Trinajstić information content (AvgIpc) is 2.94. The first kappa shape index (κ1) is 15.0. The van der Waals surface area contributed by atoms with Gasteiger partial charge >= 0.3 is 0 Å². The second kappa shape index (κ2) is 6.86. The monoisotopic (exact) mass is 290 g/mol. The van der Waals surface area contributed by atoms with Crippen LogP contribution < -0.4 is 10.5 Å². The predicted molar refractivity (Wildman–Crippen MR) is 85.6 cm³/mol. The largest absolute Gasteiger partial charge is 0.496 e. The van der Waals surface area contributed by atoms with Crippen molar-refractivity contribution in [2.45, 2.75) is 32.6 Å². The lowest BCUT2D eigenvalue weighted by molar-refractivity contribution is 0.416. The molecule has 0 saturated carbocycles. The third-order valence-corrected chi connectivity index (χ3v) is 4.50. The highest BCUT2D eigenvalue weighted by Crippen LogP contribution is 2.34. The third kappa shape index (κ3) is 3.19. The highest BCUT2D eigenvalue weighted by Gasteiger charge is 2.13. The van der Waals surface area contributed by atoms with Crippen molar-refractivity contribution >= 4 is 11.3 Å². The SMILES string of the molecule is CCC(C)c1ccc(OC)c(-c2csc(CCN)n2)c1. The van der Waals surface area contributed by atoms with E-state index >= 15 is 0 Å². The smallest absolute Gasteiger partial charge is 0.128 e. The molecule has 1 unspecified atom stereocenters. The van der Waals surface area contributed by atoms with E-state index in [4.69, 9.17) is 10.5 Å². The lowest BCUT2D eigenvalue weighted by Gasteiger charge is -2.13. The molecule has 2 rings (SSSR count). The zero-order valence-electron chi connectivity index (χ0n) is 12.3. The lowest BCUT2D eigenvalue weighted by atomic mass is 9.96. The van der Waals surface area contributed by atoms with Crippen LogP contribution in [-0.4, -0.2) is 18.6 Å². The quantitative estimate of drug-likeness (QED) is 0.879. The highest BCUT2D eigenvalue weighted by atomic mass is 32.1. The maximum Gasteiger partial charge on any atom is 0.128 e. The minimum atomic E-state index is 0.543. The highest BCUT2D eigenvalue weighted by molar-refractivity contribution is 7.09. The van der Waals surface area contributed by atoms with Gasteiger partial charge in [0.25, 0.3) is 0 Å². The van der Waals surface area contributed by atoms with E-state index < -0.39 is 0 Å². The van der Waals surface area contributed by atoms with Crippen molar-refractivity contribution in [1.82, 2.24) is 4.98 Å². The molecule has 2 aromatic rings. The molecule has 1 aromatic heterocycles. The molecule has 20 heavy (non-hydrogen) atoms. The molecule has 0 radical (unpaired) electrons. The van der Waals surface area contributed by atoms with E-state index in [1.54, 1.807) is 18.4 Å². The number of ether oxygens (including phenoxy) is 1. The fourth-order valence-electron chi connectivity index (χ4n) is 2.14. The van der Waals surface area contributed by atoms with Crippen molar-refractivity contribution < 1.29 is 4.74 Å². The van der Waals surface area contributed by atoms with E-state index in [9.17, 15) is 0 Å². The van der Waals surface area contributed by atoms with Crippen molar-refractivity contribution in [3.8, 4) is 17.0 Å². The van der Waals surface area contributed by atoms with Crippen molar-refractivity contribution in [3.63, 3.8) is 0 Å². The Labute approximate surface area is 124 Å². The molecular weight excluding hydrogens is 268 g/mol. The van der Waals surface area contributed by atoms with Crippen LogP contribution in [0.15, 0.2) is 23.6 Å². The molecular formula is C16H22N2OS. The number of nitrogens with zero attached hydrogens (tertiary/aromatic N) is 1. The molecule has 1 atom stereocenters. The Hall–Kier alpha value is -1.39. The first-order chi connectivity index (χ1) is 9.69. The zero-order chi connectivity index (χ0) is 14.5. The van der Waals surface area contributed by atoms with Gasteiger partial charge in [0.05, 0.1) is 17.8 Å². The molecule has 108 valence electrons. The number of hydrogen-bond donors (Lipinski definition) is 1. The second-order valence-corrected chi connectivity index (χ2v) is 5.88. The number of nitrogens with two attached hydrogens (primary N) is 1. The number of hydrogen-bond acceptors (Lipinski definition) is 4. The summed E-state index contributed by atoms with van der Waals surface area (Å²) in [7, 11) is 1.70. The first-order valence-corrected chi connectivity index (χ1v) is 7.90. The van der Waals surface area contributed by atoms with Gasteiger partial charge in [0.1, 0.15) is 5.75 Å². The van der Waals surface area contributed by atoms with Crippen LogP contribution in [0.3, 0.4) is 0 Å². The Kier molecular flexibility index (Phi) is 5.15. The predicted octanol–water partition coefficient (Wildman–Crippen LogP) is 3.83. The van der Waals surface area contributed by atoms with Crippen molar-refractivity contribution in [3.05, 3.63) is 34.2 Å². The van der Waals surface area contributed by atoms with E-state index in [1.807, 2.05) is 6.07 Å². The van der Waals surface area contributed by atoms with E-state index in [1.165, 1.54) is 5.56 Å². The van der Waals surface area contributed by atoms with E-state index in [0.717, 1.165) is 34.9 Å². The Morgan fingerprint density at radius 3 is 2.85 bits per heavy atom. The summed E-state index contributed by atoms with van der Waals surface area (Å²) in [5.41, 5.74) is 8.98. The number of benzene rings is 1. The van der Waals surface area contributed by atoms with Gasteiger partial charge in [-0.2, -0.15) is 0 Å². The standard InChI is InChI=1S/C16H22N2OS/c1-4-11(2)12-5-6-15(19-3)13(9-12)14-10-20-16(18-14)7-8-17/h5-6,9-11H,4,7-8,17H2,1-3H3. The molecule has 0 saturated heterocycles. The van der Waals surface area contributed by atoms with Gasteiger partial charge in [0, 0.05) is 17.4 Å². The van der Waals surface area contributed by atoms with E-state index in [0.29, 0.717) is 12.5 Å². The van der Waals surface area contributed by atoms with Gasteiger partial charge < -0.3 is 10.5 Å². The molecule has 0 amide bonds. The summed E-state index contributed by atoms with van der Waals surface area (Å²) in [6.07, 6.45) is 1.96. The first-order valence-electron chi connectivity index (χ1n) is 7.02. The Morgan fingerprint density at radius 2 is 2.20 bits per heavy atom. The van der Waals surface area contributed by atoms with Crippen LogP contribution in [0, 0.1) is 0 Å². The zero-order valence-corrected chi connectivity index (χ0v) is 13.2. The maximum atomic E-state index is 5.59. The molecule has 0 aliphatic carbocycles. The van der Waals surface area contributed by atoms with Gasteiger partial charge in [0.15, 0.2) is 0 Å². The average molecular weight is 290 g/mol. The second-order valence-electron chi connectivity index (χ2n) is 4.93.